The molecular formula is C21H21N5O2S. The standard InChI is InChI=1S/C21H21N5O2S/c1-4-16-19(15-7-5-6-8-17(15)28-3)20-24-14(11-18(27)26(20)25-16)12-29-21-22-10-9-13(2)23-21/h5-11,25H,4,12H2,1-3H3. The number of para-hydroxylation sites is 1. The monoisotopic (exact) mass is 407 g/mol. The second-order valence-electron chi connectivity index (χ2n) is 6.53. The first-order chi connectivity index (χ1) is 14.1. The van der Waals surface area contributed by atoms with Crippen LogP contribution in [0.25, 0.3) is 16.8 Å². The summed E-state index contributed by atoms with van der Waals surface area (Å²) >= 11 is 1.46. The Bertz CT molecular complexity index is 1230. The van der Waals surface area contributed by atoms with E-state index in [1.54, 1.807) is 19.4 Å². The number of benzene rings is 1. The molecule has 29 heavy (non-hydrogen) atoms. The van der Waals surface area contributed by atoms with E-state index in [-0.39, 0.29) is 5.56 Å². The predicted molar refractivity (Wildman–Crippen MR) is 114 cm³/mol. The molecule has 3 aromatic heterocycles. The number of fused-ring (bicyclic) bond motifs is 1. The van der Waals surface area contributed by atoms with E-state index in [4.69, 9.17) is 9.72 Å². The normalized spacial score (nSPS) is 11.1. The van der Waals surface area contributed by atoms with Crippen LogP contribution in [-0.4, -0.2) is 31.7 Å². The second-order valence-corrected chi connectivity index (χ2v) is 7.48. The van der Waals surface area contributed by atoms with Gasteiger partial charge in [-0.2, -0.15) is 0 Å². The number of thioether (sulfide) groups is 1. The molecule has 1 aromatic carbocycles. The lowest BCUT2D eigenvalue weighted by Gasteiger charge is -2.08. The van der Waals surface area contributed by atoms with Crippen molar-refractivity contribution in [2.45, 2.75) is 31.2 Å². The Labute approximate surface area is 172 Å². The summed E-state index contributed by atoms with van der Waals surface area (Å²) in [7, 11) is 1.64. The Kier molecular flexibility index (Phi) is 5.35. The predicted octanol–water partition coefficient (Wildman–Crippen LogP) is 3.65. The second kappa shape index (κ2) is 8.08. The highest BCUT2D eigenvalue weighted by Gasteiger charge is 2.19. The molecule has 0 atom stereocenters. The van der Waals surface area contributed by atoms with Crippen LogP contribution in [0.3, 0.4) is 0 Å². The van der Waals surface area contributed by atoms with E-state index in [1.807, 2.05) is 44.2 Å². The van der Waals surface area contributed by atoms with Gasteiger partial charge in [0.1, 0.15) is 5.75 Å². The summed E-state index contributed by atoms with van der Waals surface area (Å²) in [6.07, 6.45) is 2.47. The lowest BCUT2D eigenvalue weighted by atomic mass is 10.0. The number of methoxy groups -OCH3 is 1. The van der Waals surface area contributed by atoms with E-state index in [2.05, 4.69) is 15.1 Å². The Morgan fingerprint density at radius 2 is 2.03 bits per heavy atom. The fraction of sp³-hybridized carbons (Fsp3) is 0.238. The highest BCUT2D eigenvalue weighted by atomic mass is 32.2. The maximum Gasteiger partial charge on any atom is 0.272 e. The van der Waals surface area contributed by atoms with Gasteiger partial charge in [0.25, 0.3) is 5.56 Å². The molecule has 8 heteroatoms. The Morgan fingerprint density at radius 3 is 2.79 bits per heavy atom. The number of nitrogens with one attached hydrogen (secondary N) is 1. The fourth-order valence-electron chi connectivity index (χ4n) is 3.23. The maximum absolute atomic E-state index is 12.8. The Balaban J connectivity index is 1.80. The van der Waals surface area contributed by atoms with Gasteiger partial charge in [-0.3, -0.25) is 9.89 Å². The van der Waals surface area contributed by atoms with Gasteiger partial charge in [-0.05, 0) is 25.5 Å². The zero-order chi connectivity index (χ0) is 20.4. The first kappa shape index (κ1) is 19.2. The molecular weight excluding hydrogens is 386 g/mol. The molecule has 0 spiro atoms. The molecule has 0 radical (unpaired) electrons. The van der Waals surface area contributed by atoms with E-state index in [9.17, 15) is 4.79 Å². The molecule has 0 aliphatic heterocycles. The molecule has 0 fully saturated rings. The number of H-pyrrole nitrogens is 1. The van der Waals surface area contributed by atoms with Gasteiger partial charge in [0.05, 0.1) is 18.4 Å². The van der Waals surface area contributed by atoms with Crippen LogP contribution in [0.15, 0.2) is 52.5 Å². The van der Waals surface area contributed by atoms with Gasteiger partial charge >= 0.3 is 0 Å². The molecule has 0 saturated heterocycles. The molecule has 4 aromatic rings. The zero-order valence-corrected chi connectivity index (χ0v) is 17.3. The molecule has 4 rings (SSSR count). The molecule has 0 aliphatic rings. The van der Waals surface area contributed by atoms with Crippen LogP contribution in [0.1, 0.15) is 24.0 Å². The number of hydrogen-bond donors (Lipinski definition) is 1. The highest BCUT2D eigenvalue weighted by molar-refractivity contribution is 7.98. The van der Waals surface area contributed by atoms with Gasteiger partial charge in [0.15, 0.2) is 10.8 Å². The number of aromatic nitrogens is 5. The highest BCUT2D eigenvalue weighted by Crippen LogP contribution is 2.34. The van der Waals surface area contributed by atoms with Crippen LogP contribution in [0.5, 0.6) is 5.75 Å². The summed E-state index contributed by atoms with van der Waals surface area (Å²) in [6.45, 7) is 3.97. The summed E-state index contributed by atoms with van der Waals surface area (Å²) in [6, 6.07) is 11.2. The van der Waals surface area contributed by atoms with Crippen molar-refractivity contribution in [3.63, 3.8) is 0 Å². The summed E-state index contributed by atoms with van der Waals surface area (Å²) in [5, 5.41) is 3.86. The number of hydrogen-bond acceptors (Lipinski definition) is 6. The molecule has 1 N–H and O–H groups in total. The third kappa shape index (κ3) is 3.75. The van der Waals surface area contributed by atoms with Crippen LogP contribution in [0.2, 0.25) is 0 Å². The fourth-order valence-corrected chi connectivity index (χ4v) is 4.00. The van der Waals surface area contributed by atoms with Crippen molar-refractivity contribution in [3.05, 3.63) is 70.0 Å². The summed E-state index contributed by atoms with van der Waals surface area (Å²) in [4.78, 5) is 26.2. The van der Waals surface area contributed by atoms with Crippen molar-refractivity contribution in [1.82, 2.24) is 24.6 Å². The topological polar surface area (TPSA) is 85.2 Å². The lowest BCUT2D eigenvalue weighted by molar-refractivity contribution is 0.416. The van der Waals surface area contributed by atoms with Gasteiger partial charge in [-0.25, -0.2) is 19.5 Å². The van der Waals surface area contributed by atoms with E-state index in [1.165, 1.54) is 16.3 Å². The smallest absolute Gasteiger partial charge is 0.272 e. The minimum absolute atomic E-state index is 0.147. The van der Waals surface area contributed by atoms with Crippen molar-refractivity contribution in [3.8, 4) is 16.9 Å². The van der Waals surface area contributed by atoms with E-state index in [0.717, 1.165) is 34.7 Å². The van der Waals surface area contributed by atoms with Gasteiger partial charge < -0.3 is 4.74 Å². The zero-order valence-electron chi connectivity index (χ0n) is 16.5. The molecule has 7 nitrogen and oxygen atoms in total. The van der Waals surface area contributed by atoms with Crippen LogP contribution >= 0.6 is 11.8 Å². The van der Waals surface area contributed by atoms with Crippen molar-refractivity contribution in [2.75, 3.05) is 7.11 Å². The van der Waals surface area contributed by atoms with Gasteiger partial charge in [0.2, 0.25) is 0 Å². The summed E-state index contributed by atoms with van der Waals surface area (Å²) in [5.74, 6) is 1.25. The lowest BCUT2D eigenvalue weighted by Crippen LogP contribution is -2.15. The van der Waals surface area contributed by atoms with Crippen LogP contribution in [0.4, 0.5) is 0 Å². The molecule has 0 bridgehead atoms. The first-order valence-electron chi connectivity index (χ1n) is 9.30. The third-order valence-corrected chi connectivity index (χ3v) is 5.49. The Hall–Kier alpha value is -3.13. The molecule has 0 amide bonds. The van der Waals surface area contributed by atoms with E-state index < -0.39 is 0 Å². The van der Waals surface area contributed by atoms with Gasteiger partial charge in [-0.15, -0.1) is 0 Å². The van der Waals surface area contributed by atoms with Crippen molar-refractivity contribution in [2.24, 2.45) is 0 Å². The van der Waals surface area contributed by atoms with Crippen molar-refractivity contribution in [1.29, 1.82) is 0 Å². The SMILES string of the molecule is CCc1[nH]n2c(=O)cc(CSc3nccc(C)n3)nc2c1-c1ccccc1OC. The minimum atomic E-state index is -0.147. The van der Waals surface area contributed by atoms with E-state index >= 15 is 0 Å². The number of aromatic amines is 1. The van der Waals surface area contributed by atoms with Gasteiger partial charge in [0, 0.05) is 35.0 Å². The first-order valence-corrected chi connectivity index (χ1v) is 10.3. The van der Waals surface area contributed by atoms with Crippen molar-refractivity contribution >= 4 is 17.4 Å². The summed E-state index contributed by atoms with van der Waals surface area (Å²) in [5.41, 5.74) is 4.77. The largest absolute Gasteiger partial charge is 0.496 e. The average Bonchev–Trinajstić information content (AvgIpc) is 3.11. The van der Waals surface area contributed by atoms with Crippen molar-refractivity contribution < 1.29 is 4.74 Å². The number of rotatable bonds is 6. The van der Waals surface area contributed by atoms with Crippen LogP contribution in [0, 0.1) is 6.92 Å². The molecule has 0 aliphatic carbocycles. The average molecular weight is 407 g/mol. The van der Waals surface area contributed by atoms with Crippen LogP contribution in [-0.2, 0) is 12.2 Å². The molecule has 148 valence electrons. The molecule has 0 saturated carbocycles. The number of aryl methyl sites for hydroxylation is 2. The van der Waals surface area contributed by atoms with E-state index in [0.29, 0.717) is 22.3 Å². The Morgan fingerprint density at radius 1 is 1.21 bits per heavy atom. The molecule has 3 heterocycles. The number of nitrogens with zero attached hydrogens (tertiary/aromatic N) is 4. The molecule has 0 unspecified atom stereocenters. The quantitative estimate of drug-likeness (QED) is 0.388. The van der Waals surface area contributed by atoms with Gasteiger partial charge in [-0.1, -0.05) is 36.9 Å². The minimum Gasteiger partial charge on any atom is -0.496 e. The summed E-state index contributed by atoms with van der Waals surface area (Å²) < 4.78 is 7.04. The van der Waals surface area contributed by atoms with Crippen LogP contribution < -0.4 is 10.3 Å². The number of ether oxygens (including phenoxy) is 1. The third-order valence-electron chi connectivity index (χ3n) is 4.60. The maximum atomic E-state index is 12.8.